The summed E-state index contributed by atoms with van der Waals surface area (Å²) in [7, 11) is 0. The quantitative estimate of drug-likeness (QED) is 0.814. The Balaban J connectivity index is 1.66. The number of nitrogens with zero attached hydrogens (tertiary/aromatic N) is 2. The maximum atomic E-state index is 14.5. The van der Waals surface area contributed by atoms with Crippen molar-refractivity contribution < 1.29 is 13.9 Å². The molecule has 0 radical (unpaired) electrons. The molecule has 146 valence electrons. The van der Waals surface area contributed by atoms with Crippen molar-refractivity contribution in [2.75, 3.05) is 6.61 Å². The predicted molar refractivity (Wildman–Crippen MR) is 101 cm³/mol. The number of hydrogen-bond donors (Lipinski definition) is 2. The van der Waals surface area contributed by atoms with Crippen LogP contribution in [0.15, 0.2) is 30.6 Å². The monoisotopic (exact) mass is 374 g/mol. The lowest BCUT2D eigenvalue weighted by atomic mass is 9.54. The maximum Gasteiger partial charge on any atom is 0.241 e. The third-order valence-electron chi connectivity index (χ3n) is 5.79. The van der Waals surface area contributed by atoms with Crippen LogP contribution < -0.4 is 11.1 Å². The van der Waals surface area contributed by atoms with E-state index in [9.17, 15) is 9.18 Å². The van der Waals surface area contributed by atoms with Crippen LogP contribution in [-0.2, 0) is 16.1 Å². The third-order valence-corrected chi connectivity index (χ3v) is 5.79. The zero-order chi connectivity index (χ0) is 19.8. The number of ether oxygens (including phenoxy) is 1. The molecule has 1 aromatic carbocycles. The van der Waals surface area contributed by atoms with E-state index in [1.54, 1.807) is 29.1 Å². The molecular weight excluding hydrogens is 347 g/mol. The average Bonchev–Trinajstić information content (AvgIpc) is 3.05. The van der Waals surface area contributed by atoms with Gasteiger partial charge in [0, 0.05) is 37.4 Å². The molecule has 1 aliphatic carbocycles. The first-order chi connectivity index (χ1) is 12.7. The Bertz CT molecular complexity index is 848. The summed E-state index contributed by atoms with van der Waals surface area (Å²) < 4.78 is 21.8. The Morgan fingerprint density at radius 3 is 2.78 bits per heavy atom. The first-order valence-corrected chi connectivity index (χ1v) is 9.18. The summed E-state index contributed by atoms with van der Waals surface area (Å²) in [6, 6.07) is 4.89. The highest BCUT2D eigenvalue weighted by atomic mass is 19.1. The topological polar surface area (TPSA) is 82.2 Å². The minimum absolute atomic E-state index is 0.0339. The van der Waals surface area contributed by atoms with Crippen molar-refractivity contribution in [2.45, 2.75) is 52.3 Å². The molecule has 1 fully saturated rings. The van der Waals surface area contributed by atoms with Crippen molar-refractivity contribution >= 4 is 5.91 Å². The molecule has 0 aliphatic heterocycles. The summed E-state index contributed by atoms with van der Waals surface area (Å²) in [5.41, 5.74) is 6.02. The summed E-state index contributed by atoms with van der Waals surface area (Å²) in [5.74, 6) is 0.0974. The van der Waals surface area contributed by atoms with E-state index in [1.165, 1.54) is 6.07 Å². The number of carbonyl (C=O) groups excluding carboxylic acids is 1. The van der Waals surface area contributed by atoms with Crippen LogP contribution in [0.5, 0.6) is 0 Å². The van der Waals surface area contributed by atoms with E-state index in [0.717, 1.165) is 0 Å². The van der Waals surface area contributed by atoms with Crippen molar-refractivity contribution in [3.8, 4) is 5.69 Å². The Morgan fingerprint density at radius 1 is 1.48 bits per heavy atom. The van der Waals surface area contributed by atoms with Crippen molar-refractivity contribution in [3.63, 3.8) is 0 Å². The smallest absolute Gasteiger partial charge is 0.241 e. The predicted octanol–water partition coefficient (Wildman–Crippen LogP) is 2.47. The molecule has 0 spiro atoms. The summed E-state index contributed by atoms with van der Waals surface area (Å²) in [6.45, 7) is 8.43. The van der Waals surface area contributed by atoms with E-state index >= 15 is 0 Å². The van der Waals surface area contributed by atoms with Crippen LogP contribution in [0, 0.1) is 18.2 Å². The first-order valence-electron chi connectivity index (χ1n) is 9.18. The molecule has 6 nitrogen and oxygen atoms in total. The highest BCUT2D eigenvalue weighted by Gasteiger charge is 2.62. The molecule has 3 rings (SSSR count). The van der Waals surface area contributed by atoms with E-state index in [2.05, 4.69) is 10.3 Å². The molecule has 2 atom stereocenters. The van der Waals surface area contributed by atoms with E-state index in [4.69, 9.17) is 10.5 Å². The lowest BCUT2D eigenvalue weighted by Gasteiger charge is -2.57. The van der Waals surface area contributed by atoms with E-state index in [0.29, 0.717) is 30.1 Å². The van der Waals surface area contributed by atoms with E-state index < -0.39 is 11.0 Å². The van der Waals surface area contributed by atoms with Gasteiger partial charge in [0.1, 0.15) is 17.2 Å². The van der Waals surface area contributed by atoms with Gasteiger partial charge >= 0.3 is 0 Å². The first kappa shape index (κ1) is 19.5. The van der Waals surface area contributed by atoms with E-state index in [1.807, 2.05) is 27.7 Å². The Morgan fingerprint density at radius 2 is 2.22 bits per heavy atom. The second-order valence-corrected chi connectivity index (χ2v) is 7.65. The van der Waals surface area contributed by atoms with Gasteiger partial charge in [0.2, 0.25) is 5.91 Å². The van der Waals surface area contributed by atoms with Crippen molar-refractivity contribution in [1.82, 2.24) is 14.9 Å². The zero-order valence-electron chi connectivity index (χ0n) is 16.3. The molecule has 2 aromatic rings. The fourth-order valence-electron chi connectivity index (χ4n) is 3.65. The Hall–Kier alpha value is -2.25. The second kappa shape index (κ2) is 7.05. The number of benzene rings is 1. The molecule has 7 heteroatoms. The molecule has 1 aromatic heterocycles. The minimum atomic E-state index is -0.987. The number of carbonyl (C=O) groups is 1. The van der Waals surface area contributed by atoms with Crippen molar-refractivity contribution in [1.29, 1.82) is 0 Å². The number of aryl methyl sites for hydroxylation is 1. The highest BCUT2D eigenvalue weighted by Crippen LogP contribution is 2.49. The van der Waals surface area contributed by atoms with Crippen LogP contribution in [0.2, 0.25) is 0 Å². The summed E-state index contributed by atoms with van der Waals surface area (Å²) in [5, 5.41) is 2.85. The zero-order valence-corrected chi connectivity index (χ0v) is 16.3. The largest absolute Gasteiger partial charge is 0.378 e. The number of nitrogens with two attached hydrogens (primary N) is 1. The maximum absolute atomic E-state index is 14.5. The van der Waals surface area contributed by atoms with Gasteiger partial charge in [-0.2, -0.15) is 0 Å². The molecule has 3 N–H and O–H groups in total. The van der Waals surface area contributed by atoms with Gasteiger partial charge in [0.05, 0.1) is 11.8 Å². The van der Waals surface area contributed by atoms with Gasteiger partial charge in [0.15, 0.2) is 0 Å². The molecule has 0 saturated heterocycles. The number of halogens is 1. The lowest BCUT2D eigenvalue weighted by molar-refractivity contribution is -0.170. The van der Waals surface area contributed by atoms with Gasteiger partial charge in [-0.1, -0.05) is 19.9 Å². The number of nitrogens with one attached hydrogen (secondary N) is 1. The van der Waals surface area contributed by atoms with Gasteiger partial charge in [-0.3, -0.25) is 4.79 Å². The average molecular weight is 374 g/mol. The van der Waals surface area contributed by atoms with Crippen LogP contribution in [0.3, 0.4) is 0 Å². The number of imidazole rings is 1. The van der Waals surface area contributed by atoms with Crippen LogP contribution in [0.25, 0.3) is 5.69 Å². The Labute approximate surface area is 158 Å². The van der Waals surface area contributed by atoms with Crippen LogP contribution in [0.1, 0.15) is 38.6 Å². The molecule has 0 bridgehead atoms. The number of rotatable bonds is 6. The summed E-state index contributed by atoms with van der Waals surface area (Å²) >= 11 is 0. The van der Waals surface area contributed by atoms with Crippen molar-refractivity contribution in [3.05, 3.63) is 47.8 Å². The molecule has 1 saturated carbocycles. The molecule has 1 heterocycles. The summed E-state index contributed by atoms with van der Waals surface area (Å²) in [6.07, 6.45) is 3.78. The third kappa shape index (κ3) is 3.26. The molecule has 1 amide bonds. The number of amides is 1. The van der Waals surface area contributed by atoms with Crippen LogP contribution in [-0.4, -0.2) is 33.7 Å². The van der Waals surface area contributed by atoms with Gasteiger partial charge in [-0.05, 0) is 31.5 Å². The standard InChI is InChI=1S/C20H27FN4O2/c1-5-27-17-11-20(22,19(17,3)4)18(26)24-12-14-6-7-16(15(21)10-14)25-9-8-23-13(25)2/h6-10,17H,5,11-12,22H2,1-4H3,(H,24,26). The van der Waals surface area contributed by atoms with E-state index in [-0.39, 0.29) is 24.4 Å². The minimum Gasteiger partial charge on any atom is -0.378 e. The fraction of sp³-hybridized carbons (Fsp3) is 0.500. The fourth-order valence-corrected chi connectivity index (χ4v) is 3.65. The number of aromatic nitrogens is 2. The van der Waals surface area contributed by atoms with Gasteiger partial charge < -0.3 is 20.4 Å². The molecule has 1 aliphatic rings. The summed E-state index contributed by atoms with van der Waals surface area (Å²) in [4.78, 5) is 16.8. The van der Waals surface area contributed by atoms with Gasteiger partial charge in [-0.15, -0.1) is 0 Å². The number of hydrogen-bond acceptors (Lipinski definition) is 4. The SMILES string of the molecule is CCOC1CC(N)(C(=O)NCc2ccc(-n3ccnc3C)c(F)c2)C1(C)C. The van der Waals surface area contributed by atoms with Crippen LogP contribution in [0.4, 0.5) is 4.39 Å². The van der Waals surface area contributed by atoms with Gasteiger partial charge in [0.25, 0.3) is 0 Å². The second-order valence-electron chi connectivity index (χ2n) is 7.65. The van der Waals surface area contributed by atoms with Crippen molar-refractivity contribution in [2.24, 2.45) is 11.1 Å². The molecule has 2 unspecified atom stereocenters. The molecular formula is C20H27FN4O2. The van der Waals surface area contributed by atoms with Crippen LogP contribution >= 0.6 is 0 Å². The molecule has 27 heavy (non-hydrogen) atoms. The van der Waals surface area contributed by atoms with Gasteiger partial charge in [-0.25, -0.2) is 9.37 Å². The highest BCUT2D eigenvalue weighted by molar-refractivity contribution is 5.88. The normalized spacial score (nSPS) is 23.7. The Kier molecular flexibility index (Phi) is 5.10. The lowest BCUT2D eigenvalue weighted by Crippen LogP contribution is -2.75.